The number of aromatic nitrogens is 1. The number of nitrogens with two attached hydrogens (primary N) is 1. The second-order valence-electron chi connectivity index (χ2n) is 3.66. The van der Waals surface area contributed by atoms with Gasteiger partial charge in [0, 0.05) is 10.9 Å². The first-order valence-electron chi connectivity index (χ1n) is 4.54. The van der Waals surface area contributed by atoms with Crippen molar-refractivity contribution in [2.24, 2.45) is 5.73 Å². The maximum Gasteiger partial charge on any atom is 0.116 e. The van der Waals surface area contributed by atoms with Crippen LogP contribution in [0.3, 0.4) is 0 Å². The molecule has 0 aliphatic heterocycles. The highest BCUT2D eigenvalue weighted by Gasteiger charge is 2.18. The molecule has 0 aromatic carbocycles. The molecule has 1 aliphatic carbocycles. The predicted octanol–water partition coefficient (Wildman–Crippen LogP) is 2.26. The van der Waals surface area contributed by atoms with Crippen LogP contribution in [0.15, 0.2) is 5.57 Å². The zero-order valence-corrected chi connectivity index (χ0v) is 8.82. The van der Waals surface area contributed by atoms with Gasteiger partial charge in [-0.2, -0.15) is 0 Å². The normalized spacial score (nSPS) is 21.5. The van der Waals surface area contributed by atoms with Crippen LogP contribution in [0.25, 0.3) is 6.08 Å². The molecular formula is C10H14N2S. The minimum Gasteiger partial charge on any atom is -0.327 e. The number of rotatable bonds is 1. The van der Waals surface area contributed by atoms with Crippen LogP contribution in [0.2, 0.25) is 0 Å². The monoisotopic (exact) mass is 194 g/mol. The van der Waals surface area contributed by atoms with Crippen LogP contribution in [0.1, 0.15) is 28.4 Å². The summed E-state index contributed by atoms with van der Waals surface area (Å²) in [5, 5.41) is 1.14. The van der Waals surface area contributed by atoms with Crippen molar-refractivity contribution >= 4 is 17.4 Å². The Balaban J connectivity index is 2.14. The van der Waals surface area contributed by atoms with E-state index in [-0.39, 0.29) is 0 Å². The molecule has 2 N–H and O–H groups in total. The molecule has 2 nitrogen and oxygen atoms in total. The molecule has 0 amide bonds. The highest BCUT2D eigenvalue weighted by atomic mass is 32.1. The molecule has 13 heavy (non-hydrogen) atoms. The molecule has 0 bridgehead atoms. The van der Waals surface area contributed by atoms with Crippen molar-refractivity contribution in [1.29, 1.82) is 0 Å². The molecule has 0 spiro atoms. The molecule has 0 saturated heterocycles. The van der Waals surface area contributed by atoms with Crippen molar-refractivity contribution < 1.29 is 0 Å². The molecule has 0 radical (unpaired) electrons. The Labute approximate surface area is 82.5 Å². The molecule has 3 heteroatoms. The van der Waals surface area contributed by atoms with Crippen molar-refractivity contribution in [3.63, 3.8) is 0 Å². The Morgan fingerprint density at radius 1 is 1.46 bits per heavy atom. The van der Waals surface area contributed by atoms with Gasteiger partial charge in [-0.3, -0.25) is 0 Å². The lowest BCUT2D eigenvalue weighted by molar-refractivity contribution is 0.547. The fourth-order valence-electron chi connectivity index (χ4n) is 1.47. The highest BCUT2D eigenvalue weighted by molar-refractivity contribution is 7.12. The lowest BCUT2D eigenvalue weighted by atomic mass is 9.87. The summed E-state index contributed by atoms with van der Waals surface area (Å²) < 4.78 is 0. The van der Waals surface area contributed by atoms with E-state index < -0.39 is 0 Å². The molecule has 0 atom stereocenters. The van der Waals surface area contributed by atoms with Crippen LogP contribution in [0.5, 0.6) is 0 Å². The highest BCUT2D eigenvalue weighted by Crippen LogP contribution is 2.28. The molecule has 1 saturated carbocycles. The third-order valence-electron chi connectivity index (χ3n) is 2.42. The fraction of sp³-hybridized carbons (Fsp3) is 0.500. The van der Waals surface area contributed by atoms with E-state index in [2.05, 4.69) is 24.9 Å². The lowest BCUT2D eigenvalue weighted by Gasteiger charge is -2.24. The summed E-state index contributed by atoms with van der Waals surface area (Å²) in [7, 11) is 0. The molecular weight excluding hydrogens is 180 g/mol. The van der Waals surface area contributed by atoms with E-state index in [1.807, 2.05) is 0 Å². The van der Waals surface area contributed by atoms with E-state index in [4.69, 9.17) is 5.73 Å². The maximum absolute atomic E-state index is 5.70. The first-order valence-corrected chi connectivity index (χ1v) is 5.36. The van der Waals surface area contributed by atoms with Gasteiger partial charge in [0.2, 0.25) is 0 Å². The van der Waals surface area contributed by atoms with Crippen molar-refractivity contribution in [3.8, 4) is 0 Å². The standard InChI is InChI=1S/C10H14N2S/c1-6-7(2)13-10(12-6)5-8-3-9(11)4-8/h5,9H,3-4,11H2,1-2H3. The van der Waals surface area contributed by atoms with Gasteiger partial charge in [-0.15, -0.1) is 11.3 Å². The van der Waals surface area contributed by atoms with Crippen molar-refractivity contribution in [2.75, 3.05) is 0 Å². The average Bonchev–Trinajstić information content (AvgIpc) is 2.28. The topological polar surface area (TPSA) is 38.9 Å². The van der Waals surface area contributed by atoms with Crippen LogP contribution in [-0.4, -0.2) is 11.0 Å². The summed E-state index contributed by atoms with van der Waals surface area (Å²) in [6, 6.07) is 0.397. The second kappa shape index (κ2) is 3.24. The molecule has 70 valence electrons. The number of nitrogens with zero attached hydrogens (tertiary/aromatic N) is 1. The first kappa shape index (κ1) is 8.91. The lowest BCUT2D eigenvalue weighted by Crippen LogP contribution is -2.29. The summed E-state index contributed by atoms with van der Waals surface area (Å²) in [6.07, 6.45) is 4.30. The largest absolute Gasteiger partial charge is 0.327 e. The van der Waals surface area contributed by atoms with Gasteiger partial charge >= 0.3 is 0 Å². The first-order chi connectivity index (χ1) is 6.15. The third-order valence-corrected chi connectivity index (χ3v) is 3.44. The Morgan fingerprint density at radius 2 is 2.15 bits per heavy atom. The summed E-state index contributed by atoms with van der Waals surface area (Å²) in [5.41, 5.74) is 8.30. The SMILES string of the molecule is Cc1nc(C=C2CC(N)C2)sc1C. The quantitative estimate of drug-likeness (QED) is 0.744. The molecule has 1 fully saturated rings. The Hall–Kier alpha value is -0.670. The van der Waals surface area contributed by atoms with Crippen LogP contribution in [0, 0.1) is 13.8 Å². The summed E-state index contributed by atoms with van der Waals surface area (Å²) in [6.45, 7) is 4.17. The van der Waals surface area contributed by atoms with Gasteiger partial charge in [0.15, 0.2) is 0 Å². The predicted molar refractivity (Wildman–Crippen MR) is 56.8 cm³/mol. The Morgan fingerprint density at radius 3 is 2.62 bits per heavy atom. The van der Waals surface area contributed by atoms with Gasteiger partial charge in [0.1, 0.15) is 5.01 Å². The summed E-state index contributed by atoms with van der Waals surface area (Å²) in [4.78, 5) is 5.77. The maximum atomic E-state index is 5.70. The molecule has 0 unspecified atom stereocenters. The number of aryl methyl sites for hydroxylation is 2. The minimum atomic E-state index is 0.397. The van der Waals surface area contributed by atoms with Crippen LogP contribution in [-0.2, 0) is 0 Å². The van der Waals surface area contributed by atoms with Gasteiger partial charge < -0.3 is 5.73 Å². The van der Waals surface area contributed by atoms with E-state index in [1.165, 1.54) is 10.5 Å². The summed E-state index contributed by atoms with van der Waals surface area (Å²) in [5.74, 6) is 0. The van der Waals surface area contributed by atoms with Crippen LogP contribution in [0.4, 0.5) is 0 Å². The molecule has 1 aromatic rings. The zero-order valence-electron chi connectivity index (χ0n) is 8.00. The van der Waals surface area contributed by atoms with E-state index in [0.29, 0.717) is 6.04 Å². The number of thiazole rings is 1. The van der Waals surface area contributed by atoms with Crippen molar-refractivity contribution in [3.05, 3.63) is 21.2 Å². The van der Waals surface area contributed by atoms with Gasteiger partial charge in [0.05, 0.1) is 5.69 Å². The number of hydrogen-bond donors (Lipinski definition) is 1. The zero-order chi connectivity index (χ0) is 9.42. The molecule has 2 rings (SSSR count). The smallest absolute Gasteiger partial charge is 0.116 e. The summed E-state index contributed by atoms with van der Waals surface area (Å²) >= 11 is 1.76. The molecule has 1 aliphatic rings. The van der Waals surface area contributed by atoms with Crippen molar-refractivity contribution in [1.82, 2.24) is 4.98 Å². The van der Waals surface area contributed by atoms with Gasteiger partial charge in [-0.05, 0) is 32.8 Å². The van der Waals surface area contributed by atoms with Gasteiger partial charge in [0.25, 0.3) is 0 Å². The average molecular weight is 194 g/mol. The minimum absolute atomic E-state index is 0.397. The molecule has 1 aromatic heterocycles. The van der Waals surface area contributed by atoms with E-state index in [0.717, 1.165) is 23.5 Å². The van der Waals surface area contributed by atoms with Gasteiger partial charge in [-0.25, -0.2) is 4.98 Å². The van der Waals surface area contributed by atoms with Gasteiger partial charge in [-0.1, -0.05) is 5.57 Å². The van der Waals surface area contributed by atoms with Crippen LogP contribution >= 0.6 is 11.3 Å². The fourth-order valence-corrected chi connectivity index (χ4v) is 2.38. The number of hydrogen-bond acceptors (Lipinski definition) is 3. The third kappa shape index (κ3) is 1.81. The van der Waals surface area contributed by atoms with E-state index >= 15 is 0 Å². The van der Waals surface area contributed by atoms with E-state index in [1.54, 1.807) is 11.3 Å². The molecule has 1 heterocycles. The van der Waals surface area contributed by atoms with E-state index in [9.17, 15) is 0 Å². The Bertz CT molecular complexity index is 324. The van der Waals surface area contributed by atoms with Crippen molar-refractivity contribution in [2.45, 2.75) is 32.7 Å². The Kier molecular flexibility index (Phi) is 2.22. The second-order valence-corrected chi connectivity index (χ2v) is 4.90. The van der Waals surface area contributed by atoms with Crippen LogP contribution < -0.4 is 5.73 Å².